The molecule has 0 atom stereocenters. The summed E-state index contributed by atoms with van der Waals surface area (Å²) in [7, 11) is 0. The monoisotopic (exact) mass is 343 g/mol. The lowest BCUT2D eigenvalue weighted by Crippen LogP contribution is -2.37. The van der Waals surface area contributed by atoms with Crippen LogP contribution in [0.15, 0.2) is 16.6 Å². The number of halogens is 1. The smallest absolute Gasteiger partial charge is 0.258 e. The second kappa shape index (κ2) is 8.27. The maximum Gasteiger partial charge on any atom is 0.258 e. The summed E-state index contributed by atoms with van der Waals surface area (Å²) in [4.78, 5) is 11.8. The Hall–Kier alpha value is -1.07. The second-order valence-corrected chi connectivity index (χ2v) is 5.65. The minimum atomic E-state index is -0.134. The lowest BCUT2D eigenvalue weighted by atomic mass is 10.1. The molecular weight excluding hydrogens is 322 g/mol. The van der Waals surface area contributed by atoms with Gasteiger partial charge in [0.2, 0.25) is 0 Å². The number of nitrogens with one attached hydrogen (secondary N) is 1. The number of rotatable bonds is 7. The Bertz CT molecular complexity index is 459. The Balaban J connectivity index is 2.68. The molecule has 1 rings (SSSR count). The molecule has 20 heavy (non-hydrogen) atoms. The first-order valence-electron chi connectivity index (χ1n) is 6.83. The topological polar surface area (TPSA) is 58.6 Å². The van der Waals surface area contributed by atoms with Crippen LogP contribution < -0.4 is 10.1 Å². The van der Waals surface area contributed by atoms with Gasteiger partial charge in [0.05, 0.1) is 6.61 Å². The van der Waals surface area contributed by atoms with Gasteiger partial charge in [-0.1, -0.05) is 29.8 Å². The molecular formula is C15H22BrNO3. The molecule has 0 aromatic heterocycles. The van der Waals surface area contributed by atoms with E-state index in [1.165, 1.54) is 0 Å². The number of carbonyl (C=O) groups is 1. The summed E-state index contributed by atoms with van der Waals surface area (Å²) in [6.45, 7) is 5.81. The van der Waals surface area contributed by atoms with Gasteiger partial charge in [-0.3, -0.25) is 4.79 Å². The van der Waals surface area contributed by atoms with Gasteiger partial charge in [0.15, 0.2) is 6.61 Å². The number of hydrogen-bond donors (Lipinski definition) is 2. The largest absolute Gasteiger partial charge is 0.483 e. The van der Waals surface area contributed by atoms with Crippen LogP contribution in [0, 0.1) is 6.92 Å². The lowest BCUT2D eigenvalue weighted by Gasteiger charge is -2.17. The van der Waals surface area contributed by atoms with Crippen LogP contribution in [0.3, 0.4) is 0 Å². The van der Waals surface area contributed by atoms with Crippen LogP contribution >= 0.6 is 15.9 Å². The molecule has 1 aromatic rings. The van der Waals surface area contributed by atoms with Gasteiger partial charge in [0, 0.05) is 16.1 Å². The Morgan fingerprint density at radius 2 is 2.05 bits per heavy atom. The summed E-state index contributed by atoms with van der Waals surface area (Å²) in [6.07, 6.45) is 1.81. The highest BCUT2D eigenvalue weighted by molar-refractivity contribution is 9.10. The van der Waals surface area contributed by atoms with Crippen molar-refractivity contribution in [2.24, 2.45) is 0 Å². The zero-order valence-electron chi connectivity index (χ0n) is 12.2. The maximum absolute atomic E-state index is 11.8. The molecule has 0 saturated carbocycles. The van der Waals surface area contributed by atoms with Crippen molar-refractivity contribution in [1.29, 1.82) is 0 Å². The molecule has 0 radical (unpaired) electrons. The summed E-state index contributed by atoms with van der Waals surface area (Å²) in [5.74, 6) is 0.445. The van der Waals surface area contributed by atoms with E-state index in [1.54, 1.807) is 6.07 Å². The van der Waals surface area contributed by atoms with Crippen LogP contribution in [-0.4, -0.2) is 23.7 Å². The molecule has 2 N–H and O–H groups in total. The molecule has 0 heterocycles. The molecule has 0 saturated heterocycles. The minimum absolute atomic E-state index is 0.0357. The van der Waals surface area contributed by atoms with E-state index in [4.69, 9.17) is 4.74 Å². The Labute approximate surface area is 128 Å². The molecule has 0 unspecified atom stereocenters. The van der Waals surface area contributed by atoms with Crippen molar-refractivity contribution in [2.75, 3.05) is 6.61 Å². The van der Waals surface area contributed by atoms with Crippen molar-refractivity contribution in [1.82, 2.24) is 5.32 Å². The third-order valence-electron chi connectivity index (χ3n) is 3.18. The average molecular weight is 344 g/mol. The van der Waals surface area contributed by atoms with Crippen LogP contribution in [0.1, 0.15) is 37.8 Å². The summed E-state index contributed by atoms with van der Waals surface area (Å²) >= 11 is 3.37. The van der Waals surface area contributed by atoms with E-state index in [-0.39, 0.29) is 25.2 Å². The van der Waals surface area contributed by atoms with Crippen molar-refractivity contribution >= 4 is 21.8 Å². The predicted molar refractivity (Wildman–Crippen MR) is 82.8 cm³/mol. The standard InChI is InChI=1S/C15H22BrNO3/c1-4-13(5-2)17-14(19)9-20-15-10(3)6-12(16)7-11(15)8-18/h6-7,13,18H,4-5,8-9H2,1-3H3,(H,17,19). The Morgan fingerprint density at radius 1 is 1.40 bits per heavy atom. The number of hydrogen-bond acceptors (Lipinski definition) is 3. The van der Waals surface area contributed by atoms with E-state index in [0.29, 0.717) is 11.3 Å². The first kappa shape index (κ1) is 17.0. The first-order valence-corrected chi connectivity index (χ1v) is 7.63. The highest BCUT2D eigenvalue weighted by Crippen LogP contribution is 2.28. The van der Waals surface area contributed by atoms with E-state index in [0.717, 1.165) is 22.9 Å². The predicted octanol–water partition coefficient (Wildman–Crippen LogP) is 2.93. The van der Waals surface area contributed by atoms with Gasteiger partial charge in [0.1, 0.15) is 5.75 Å². The third-order valence-corrected chi connectivity index (χ3v) is 3.64. The zero-order valence-corrected chi connectivity index (χ0v) is 13.8. The molecule has 0 aliphatic heterocycles. The zero-order chi connectivity index (χ0) is 15.1. The highest BCUT2D eigenvalue weighted by Gasteiger charge is 2.12. The molecule has 0 aliphatic rings. The van der Waals surface area contributed by atoms with Crippen molar-refractivity contribution in [3.8, 4) is 5.75 Å². The van der Waals surface area contributed by atoms with Gasteiger partial charge in [-0.05, 0) is 37.5 Å². The van der Waals surface area contributed by atoms with Crippen LogP contribution in [0.5, 0.6) is 5.75 Å². The van der Waals surface area contributed by atoms with E-state index in [1.807, 2.05) is 26.8 Å². The molecule has 0 spiro atoms. The molecule has 5 heteroatoms. The summed E-state index contributed by atoms with van der Waals surface area (Å²) in [5, 5.41) is 12.3. The fourth-order valence-corrected chi connectivity index (χ4v) is 2.64. The van der Waals surface area contributed by atoms with Gasteiger partial charge in [0.25, 0.3) is 5.91 Å². The second-order valence-electron chi connectivity index (χ2n) is 4.74. The number of ether oxygens (including phenoxy) is 1. The van der Waals surface area contributed by atoms with Crippen LogP contribution in [0.2, 0.25) is 0 Å². The SMILES string of the molecule is CCC(CC)NC(=O)COc1c(C)cc(Br)cc1CO. The minimum Gasteiger partial charge on any atom is -0.483 e. The molecule has 0 fully saturated rings. The number of benzene rings is 1. The molecule has 1 amide bonds. The molecule has 0 bridgehead atoms. The fourth-order valence-electron chi connectivity index (χ4n) is 2.02. The number of carbonyl (C=O) groups excluding carboxylic acids is 1. The highest BCUT2D eigenvalue weighted by atomic mass is 79.9. The quantitative estimate of drug-likeness (QED) is 0.800. The lowest BCUT2D eigenvalue weighted by molar-refractivity contribution is -0.123. The maximum atomic E-state index is 11.8. The molecule has 4 nitrogen and oxygen atoms in total. The first-order chi connectivity index (χ1) is 9.51. The summed E-state index contributed by atoms with van der Waals surface area (Å²) in [5.41, 5.74) is 1.56. The number of aryl methyl sites for hydroxylation is 1. The van der Waals surface area contributed by atoms with Crippen LogP contribution in [0.4, 0.5) is 0 Å². The van der Waals surface area contributed by atoms with Gasteiger partial charge >= 0.3 is 0 Å². The average Bonchev–Trinajstić information content (AvgIpc) is 2.42. The number of amides is 1. The molecule has 112 valence electrons. The third kappa shape index (κ3) is 4.80. The van der Waals surface area contributed by atoms with E-state index in [9.17, 15) is 9.90 Å². The van der Waals surface area contributed by atoms with E-state index < -0.39 is 0 Å². The van der Waals surface area contributed by atoms with E-state index >= 15 is 0 Å². The van der Waals surface area contributed by atoms with Gasteiger partial charge in [-0.2, -0.15) is 0 Å². The van der Waals surface area contributed by atoms with Crippen LogP contribution in [0.25, 0.3) is 0 Å². The molecule has 1 aromatic carbocycles. The van der Waals surface area contributed by atoms with Gasteiger partial charge in [-0.25, -0.2) is 0 Å². The van der Waals surface area contributed by atoms with Crippen LogP contribution in [-0.2, 0) is 11.4 Å². The van der Waals surface area contributed by atoms with Gasteiger partial charge < -0.3 is 15.2 Å². The number of aliphatic hydroxyl groups is 1. The van der Waals surface area contributed by atoms with Crippen molar-refractivity contribution in [3.63, 3.8) is 0 Å². The van der Waals surface area contributed by atoms with Crippen molar-refractivity contribution < 1.29 is 14.6 Å². The van der Waals surface area contributed by atoms with Crippen molar-refractivity contribution in [2.45, 2.75) is 46.3 Å². The summed E-state index contributed by atoms with van der Waals surface area (Å²) < 4.78 is 6.45. The normalized spacial score (nSPS) is 10.7. The fraction of sp³-hybridized carbons (Fsp3) is 0.533. The van der Waals surface area contributed by atoms with Gasteiger partial charge in [-0.15, -0.1) is 0 Å². The molecule has 0 aliphatic carbocycles. The summed E-state index contributed by atoms with van der Waals surface area (Å²) in [6, 6.07) is 3.88. The van der Waals surface area contributed by atoms with E-state index in [2.05, 4.69) is 21.2 Å². The Morgan fingerprint density at radius 3 is 2.60 bits per heavy atom. The Kier molecular flexibility index (Phi) is 7.02. The van der Waals surface area contributed by atoms with Crippen molar-refractivity contribution in [3.05, 3.63) is 27.7 Å². The number of aliphatic hydroxyl groups excluding tert-OH is 1.